The van der Waals surface area contributed by atoms with Crippen LogP contribution in [-0.4, -0.2) is 32.2 Å². The smallest absolute Gasteiger partial charge is 0.281 e. The van der Waals surface area contributed by atoms with Crippen molar-refractivity contribution >= 4 is 38.4 Å². The lowest BCUT2D eigenvalue weighted by Gasteiger charge is -2.08. The molecule has 0 aliphatic carbocycles. The summed E-state index contributed by atoms with van der Waals surface area (Å²) in [5, 5.41) is 1.53. The Bertz CT molecular complexity index is 1060. The van der Waals surface area contributed by atoms with Crippen LogP contribution < -0.4 is 9.46 Å². The Kier molecular flexibility index (Phi) is 5.72. The molecule has 0 saturated heterocycles. The third-order valence-corrected chi connectivity index (χ3v) is 4.78. The van der Waals surface area contributed by atoms with E-state index in [-0.39, 0.29) is 5.69 Å². The van der Waals surface area contributed by atoms with Gasteiger partial charge in [0.15, 0.2) is 0 Å². The normalized spacial score (nSPS) is 11.5. The molecular weight excluding hydrogens is 388 g/mol. The van der Waals surface area contributed by atoms with Crippen molar-refractivity contribution in [1.82, 2.24) is 9.71 Å². The molecule has 1 amide bonds. The molecule has 0 unspecified atom stereocenters. The van der Waals surface area contributed by atoms with Crippen LogP contribution in [0.5, 0.6) is 5.75 Å². The van der Waals surface area contributed by atoms with Gasteiger partial charge in [-0.2, -0.15) is 0 Å². The average Bonchev–Trinajstić information content (AvgIpc) is 2.98. The van der Waals surface area contributed by atoms with Gasteiger partial charge >= 0.3 is 0 Å². The molecule has 2 aromatic carbocycles. The first-order valence-electron chi connectivity index (χ1n) is 8.33. The number of aromatic amines is 1. The first kappa shape index (κ1) is 19.3. The first-order valence-corrected chi connectivity index (χ1v) is 10.6. The Morgan fingerprint density at radius 1 is 1.15 bits per heavy atom. The number of para-hydroxylation sites is 1. The highest BCUT2D eigenvalue weighted by molar-refractivity contribution is 7.89. The summed E-state index contributed by atoms with van der Waals surface area (Å²) in [6.07, 6.45) is 2.17. The fourth-order valence-electron chi connectivity index (χ4n) is 2.84. The van der Waals surface area contributed by atoms with Gasteiger partial charge in [-0.05, 0) is 48.7 Å². The molecule has 0 aliphatic rings. The first-order chi connectivity index (χ1) is 12.8. The van der Waals surface area contributed by atoms with Crippen LogP contribution in [0.25, 0.3) is 10.9 Å². The monoisotopic (exact) mass is 406 g/mol. The predicted molar refractivity (Wildman–Crippen MR) is 106 cm³/mol. The summed E-state index contributed by atoms with van der Waals surface area (Å²) in [6.45, 7) is 0.453. The number of hydrogen-bond donors (Lipinski definition) is 2. The lowest BCUT2D eigenvalue weighted by Crippen LogP contribution is -2.30. The van der Waals surface area contributed by atoms with E-state index >= 15 is 0 Å². The van der Waals surface area contributed by atoms with E-state index in [9.17, 15) is 13.2 Å². The number of fused-ring (bicyclic) bond motifs is 1. The third kappa shape index (κ3) is 5.02. The fraction of sp³-hybridized carbons (Fsp3) is 0.211. The number of hydrogen-bond acceptors (Lipinski definition) is 4. The molecule has 3 rings (SSSR count). The number of ether oxygens (including phenoxy) is 1. The Hall–Kier alpha value is -2.51. The summed E-state index contributed by atoms with van der Waals surface area (Å²) in [5.41, 5.74) is 1.81. The summed E-state index contributed by atoms with van der Waals surface area (Å²) in [7, 11) is -3.65. The molecule has 3 aromatic rings. The molecule has 0 bridgehead atoms. The van der Waals surface area contributed by atoms with Crippen LogP contribution in [-0.2, 0) is 16.4 Å². The predicted octanol–water partition coefficient (Wildman–Crippen LogP) is 3.52. The molecule has 2 N–H and O–H groups in total. The zero-order valence-electron chi connectivity index (χ0n) is 14.7. The molecular formula is C19H19ClN2O4S. The van der Waals surface area contributed by atoms with E-state index < -0.39 is 15.9 Å². The van der Waals surface area contributed by atoms with Gasteiger partial charge in [-0.3, -0.25) is 4.79 Å². The Balaban J connectivity index is 1.74. The number of aromatic nitrogens is 1. The van der Waals surface area contributed by atoms with E-state index in [1.807, 2.05) is 29.0 Å². The van der Waals surface area contributed by atoms with Gasteiger partial charge in [-0.15, -0.1) is 0 Å². The highest BCUT2D eigenvalue weighted by Crippen LogP contribution is 2.24. The van der Waals surface area contributed by atoms with Crippen molar-refractivity contribution in [2.45, 2.75) is 12.8 Å². The number of halogens is 1. The molecule has 142 valence electrons. The van der Waals surface area contributed by atoms with Gasteiger partial charge in [0, 0.05) is 15.9 Å². The van der Waals surface area contributed by atoms with E-state index in [4.69, 9.17) is 16.3 Å². The highest BCUT2D eigenvalue weighted by Gasteiger charge is 2.19. The maximum atomic E-state index is 12.4. The summed E-state index contributed by atoms with van der Waals surface area (Å²) >= 11 is 5.85. The van der Waals surface area contributed by atoms with Crippen molar-refractivity contribution in [2.75, 3.05) is 12.9 Å². The number of nitrogens with one attached hydrogen (secondary N) is 2. The van der Waals surface area contributed by atoms with Crippen molar-refractivity contribution in [3.8, 4) is 5.75 Å². The molecule has 0 radical (unpaired) electrons. The van der Waals surface area contributed by atoms with E-state index in [0.717, 1.165) is 22.7 Å². The topological polar surface area (TPSA) is 88.3 Å². The molecule has 27 heavy (non-hydrogen) atoms. The van der Waals surface area contributed by atoms with Gasteiger partial charge in [0.1, 0.15) is 11.4 Å². The van der Waals surface area contributed by atoms with E-state index in [2.05, 4.69) is 4.98 Å². The molecule has 6 nitrogen and oxygen atoms in total. The minimum absolute atomic E-state index is 0.258. The maximum Gasteiger partial charge on any atom is 0.281 e. The van der Waals surface area contributed by atoms with Crippen molar-refractivity contribution in [1.29, 1.82) is 0 Å². The molecule has 1 heterocycles. The lowest BCUT2D eigenvalue weighted by molar-refractivity contribution is 0.0976. The van der Waals surface area contributed by atoms with Gasteiger partial charge in [-0.1, -0.05) is 29.8 Å². The van der Waals surface area contributed by atoms with Gasteiger partial charge < -0.3 is 9.72 Å². The second-order valence-electron chi connectivity index (χ2n) is 6.13. The van der Waals surface area contributed by atoms with Crippen molar-refractivity contribution < 1.29 is 17.9 Å². The number of carbonyl (C=O) groups excluding carboxylic acids is 1. The van der Waals surface area contributed by atoms with Gasteiger partial charge in [0.05, 0.1) is 12.9 Å². The molecule has 1 aromatic heterocycles. The Morgan fingerprint density at radius 3 is 2.56 bits per heavy atom. The van der Waals surface area contributed by atoms with E-state index in [0.29, 0.717) is 30.2 Å². The van der Waals surface area contributed by atoms with E-state index in [1.54, 1.807) is 24.3 Å². The minimum atomic E-state index is -3.65. The Labute approximate surface area is 162 Å². The van der Waals surface area contributed by atoms with Crippen molar-refractivity contribution in [2.24, 2.45) is 0 Å². The third-order valence-electron chi connectivity index (χ3n) is 3.97. The summed E-state index contributed by atoms with van der Waals surface area (Å²) in [5.74, 6) is 0.0516. The van der Waals surface area contributed by atoms with Crippen LogP contribution in [0.4, 0.5) is 0 Å². The molecule has 0 spiro atoms. The van der Waals surface area contributed by atoms with Gasteiger partial charge in [0.25, 0.3) is 5.91 Å². The van der Waals surface area contributed by atoms with Gasteiger partial charge in [0.2, 0.25) is 10.0 Å². The number of carbonyl (C=O) groups is 1. The standard InChI is InChI=1S/C19H19ClN2O4S/c1-27(24,25)22-19(23)18-16(15-5-2-3-7-17(15)21-18)6-4-12-26-14-10-8-13(20)9-11-14/h2-3,5,7-11,21H,4,6,12H2,1H3,(H,22,23). The summed E-state index contributed by atoms with van der Waals surface area (Å²) in [4.78, 5) is 15.4. The Morgan fingerprint density at radius 2 is 1.85 bits per heavy atom. The van der Waals surface area contributed by atoms with Crippen LogP contribution in [0.3, 0.4) is 0 Å². The van der Waals surface area contributed by atoms with Crippen LogP contribution in [0, 0.1) is 0 Å². The van der Waals surface area contributed by atoms with Crippen molar-refractivity contribution in [3.05, 3.63) is 64.8 Å². The molecule has 0 aliphatic heterocycles. The van der Waals surface area contributed by atoms with Crippen LogP contribution >= 0.6 is 11.6 Å². The SMILES string of the molecule is CS(=O)(=O)NC(=O)c1[nH]c2ccccc2c1CCCOc1ccc(Cl)cc1. The van der Waals surface area contributed by atoms with E-state index in [1.165, 1.54) is 0 Å². The van der Waals surface area contributed by atoms with Crippen LogP contribution in [0.2, 0.25) is 5.02 Å². The van der Waals surface area contributed by atoms with Crippen LogP contribution in [0.15, 0.2) is 48.5 Å². The lowest BCUT2D eigenvalue weighted by atomic mass is 10.1. The summed E-state index contributed by atoms with van der Waals surface area (Å²) in [6, 6.07) is 14.6. The largest absolute Gasteiger partial charge is 0.494 e. The zero-order chi connectivity index (χ0) is 19.4. The van der Waals surface area contributed by atoms with Crippen LogP contribution in [0.1, 0.15) is 22.5 Å². The van der Waals surface area contributed by atoms with Crippen molar-refractivity contribution in [3.63, 3.8) is 0 Å². The molecule has 0 fully saturated rings. The second kappa shape index (κ2) is 8.02. The maximum absolute atomic E-state index is 12.4. The molecule has 0 saturated carbocycles. The quantitative estimate of drug-likeness (QED) is 0.587. The minimum Gasteiger partial charge on any atom is -0.494 e. The number of rotatable bonds is 7. The number of amides is 1. The number of H-pyrrole nitrogens is 1. The average molecular weight is 407 g/mol. The highest BCUT2D eigenvalue weighted by atomic mass is 35.5. The number of sulfonamides is 1. The van der Waals surface area contributed by atoms with Gasteiger partial charge in [-0.25, -0.2) is 13.1 Å². The molecule has 0 atom stereocenters. The summed E-state index contributed by atoms with van der Waals surface area (Å²) < 4.78 is 30.5. The zero-order valence-corrected chi connectivity index (χ0v) is 16.2. The fourth-order valence-corrected chi connectivity index (χ4v) is 3.41. The molecule has 8 heteroatoms. The number of aryl methyl sites for hydroxylation is 1. The number of benzene rings is 2. The second-order valence-corrected chi connectivity index (χ2v) is 8.32.